The van der Waals surface area contributed by atoms with Crippen LogP contribution in [0.4, 0.5) is 5.69 Å². The lowest BCUT2D eigenvalue weighted by Gasteiger charge is -2.23. The van der Waals surface area contributed by atoms with E-state index in [4.69, 9.17) is 0 Å². The molecule has 32 heavy (non-hydrogen) atoms. The quantitative estimate of drug-likeness (QED) is 0.447. The molecule has 5 nitrogen and oxygen atoms in total. The largest absolute Gasteiger partial charge is 0.375 e. The Morgan fingerprint density at radius 3 is 2.53 bits per heavy atom. The van der Waals surface area contributed by atoms with Crippen LogP contribution in [0, 0.1) is 6.92 Å². The van der Waals surface area contributed by atoms with Gasteiger partial charge in [0, 0.05) is 34.8 Å². The van der Waals surface area contributed by atoms with E-state index in [-0.39, 0.29) is 12.2 Å². The molecule has 0 saturated carbocycles. The SMILES string of the molecule is Cc1ccc(C(=O)C[C@]2(O)C(=O)N(CCc3c[nH]c4ccccc34)c3ccccc32)cc1. The second kappa shape index (κ2) is 7.77. The Labute approximate surface area is 186 Å². The fraction of sp³-hybridized carbons (Fsp3) is 0.185. The maximum absolute atomic E-state index is 13.4. The molecule has 3 aromatic carbocycles. The summed E-state index contributed by atoms with van der Waals surface area (Å²) in [6.07, 6.45) is 2.31. The average molecular weight is 425 g/mol. The number of hydrogen-bond acceptors (Lipinski definition) is 3. The molecule has 0 unspecified atom stereocenters. The molecule has 160 valence electrons. The Hall–Kier alpha value is -3.70. The van der Waals surface area contributed by atoms with Crippen molar-refractivity contribution in [1.29, 1.82) is 0 Å². The lowest BCUT2D eigenvalue weighted by Crippen LogP contribution is -2.42. The molecule has 0 aliphatic carbocycles. The molecule has 1 aromatic heterocycles. The number of benzene rings is 3. The number of para-hydroxylation sites is 2. The summed E-state index contributed by atoms with van der Waals surface area (Å²) in [6.45, 7) is 2.36. The fourth-order valence-corrected chi connectivity index (χ4v) is 4.54. The monoisotopic (exact) mass is 424 g/mol. The van der Waals surface area contributed by atoms with Gasteiger partial charge in [-0.2, -0.15) is 0 Å². The van der Waals surface area contributed by atoms with E-state index in [0.717, 1.165) is 22.0 Å². The number of ketones is 1. The topological polar surface area (TPSA) is 73.4 Å². The van der Waals surface area contributed by atoms with Crippen molar-refractivity contribution in [2.24, 2.45) is 0 Å². The third kappa shape index (κ3) is 3.31. The second-order valence-electron chi connectivity index (χ2n) is 8.41. The normalized spacial score (nSPS) is 17.7. The van der Waals surface area contributed by atoms with Gasteiger partial charge in [-0.15, -0.1) is 0 Å². The van der Waals surface area contributed by atoms with E-state index in [1.807, 2.05) is 55.6 Å². The number of aromatic amines is 1. The van der Waals surface area contributed by atoms with E-state index in [1.165, 1.54) is 0 Å². The summed E-state index contributed by atoms with van der Waals surface area (Å²) in [5.74, 6) is -0.701. The minimum atomic E-state index is -1.86. The van der Waals surface area contributed by atoms with Gasteiger partial charge in [-0.25, -0.2) is 0 Å². The third-order valence-electron chi connectivity index (χ3n) is 6.31. The maximum Gasteiger partial charge on any atom is 0.264 e. The number of aromatic nitrogens is 1. The van der Waals surface area contributed by atoms with Gasteiger partial charge in [-0.1, -0.05) is 66.2 Å². The highest BCUT2D eigenvalue weighted by Gasteiger charge is 2.50. The number of rotatable bonds is 6. The summed E-state index contributed by atoms with van der Waals surface area (Å²) in [6, 6.07) is 22.4. The predicted octanol–water partition coefficient (Wildman–Crippen LogP) is 4.53. The molecule has 1 amide bonds. The van der Waals surface area contributed by atoms with Gasteiger partial charge in [0.05, 0.1) is 12.1 Å². The Morgan fingerprint density at radius 1 is 1.00 bits per heavy atom. The number of nitrogens with zero attached hydrogens (tertiary/aromatic N) is 1. The number of anilines is 1. The first-order chi connectivity index (χ1) is 15.5. The first-order valence-electron chi connectivity index (χ1n) is 10.8. The molecule has 5 heteroatoms. The molecule has 5 rings (SSSR count). The zero-order valence-electron chi connectivity index (χ0n) is 17.8. The Morgan fingerprint density at radius 2 is 1.72 bits per heavy atom. The van der Waals surface area contributed by atoms with Crippen LogP contribution in [0.25, 0.3) is 10.9 Å². The summed E-state index contributed by atoms with van der Waals surface area (Å²) >= 11 is 0. The summed E-state index contributed by atoms with van der Waals surface area (Å²) in [5.41, 5.74) is 2.99. The van der Waals surface area contributed by atoms with Gasteiger partial charge < -0.3 is 15.0 Å². The average Bonchev–Trinajstić information content (AvgIpc) is 3.30. The summed E-state index contributed by atoms with van der Waals surface area (Å²) in [5, 5.41) is 12.6. The predicted molar refractivity (Wildman–Crippen MR) is 125 cm³/mol. The van der Waals surface area contributed by atoms with Gasteiger partial charge in [0.2, 0.25) is 0 Å². The summed E-state index contributed by atoms with van der Waals surface area (Å²) in [4.78, 5) is 31.3. The molecule has 0 radical (unpaired) electrons. The molecule has 2 heterocycles. The fourth-order valence-electron chi connectivity index (χ4n) is 4.54. The number of H-pyrrole nitrogens is 1. The third-order valence-corrected chi connectivity index (χ3v) is 6.31. The standard InChI is InChI=1S/C27H24N2O3/c1-18-10-12-19(13-11-18)25(30)16-27(32)22-7-3-5-9-24(22)29(26(27)31)15-14-20-17-28-23-8-4-2-6-21(20)23/h2-13,17,28,32H,14-16H2,1H3/t27-/m1/s1. The van der Waals surface area contributed by atoms with Crippen LogP contribution < -0.4 is 4.90 Å². The molecular weight excluding hydrogens is 400 g/mol. The van der Waals surface area contributed by atoms with Crippen molar-refractivity contribution in [3.8, 4) is 0 Å². The number of amides is 1. The van der Waals surface area contributed by atoms with Crippen molar-refractivity contribution in [2.75, 3.05) is 11.4 Å². The highest BCUT2D eigenvalue weighted by atomic mass is 16.3. The molecule has 1 aliphatic rings. The summed E-state index contributed by atoms with van der Waals surface area (Å²) in [7, 11) is 0. The van der Waals surface area contributed by atoms with Crippen molar-refractivity contribution in [2.45, 2.75) is 25.4 Å². The lowest BCUT2D eigenvalue weighted by molar-refractivity contribution is -0.135. The Balaban J connectivity index is 1.42. The molecule has 1 atom stereocenters. The first-order valence-corrected chi connectivity index (χ1v) is 10.8. The number of hydrogen-bond donors (Lipinski definition) is 2. The number of carbonyl (C=O) groups excluding carboxylic acids is 2. The smallest absolute Gasteiger partial charge is 0.264 e. The van der Waals surface area contributed by atoms with Gasteiger partial charge in [0.25, 0.3) is 5.91 Å². The maximum atomic E-state index is 13.4. The van der Waals surface area contributed by atoms with Crippen molar-refractivity contribution in [3.05, 3.63) is 101 Å². The number of carbonyl (C=O) groups is 2. The molecule has 0 fully saturated rings. The molecule has 2 N–H and O–H groups in total. The van der Waals surface area contributed by atoms with Crippen molar-refractivity contribution in [3.63, 3.8) is 0 Å². The number of nitrogens with one attached hydrogen (secondary N) is 1. The molecule has 0 bridgehead atoms. The van der Waals surface area contributed by atoms with Gasteiger partial charge in [0.15, 0.2) is 11.4 Å². The minimum absolute atomic E-state index is 0.255. The van der Waals surface area contributed by atoms with Gasteiger partial charge in [-0.05, 0) is 31.0 Å². The van der Waals surface area contributed by atoms with E-state index in [2.05, 4.69) is 11.1 Å². The molecular formula is C27H24N2O3. The van der Waals surface area contributed by atoms with Crippen LogP contribution in [0.1, 0.15) is 33.5 Å². The van der Waals surface area contributed by atoms with Gasteiger partial charge >= 0.3 is 0 Å². The van der Waals surface area contributed by atoms with Crippen molar-refractivity contribution >= 4 is 28.3 Å². The molecule has 0 saturated heterocycles. The van der Waals surface area contributed by atoms with Crippen molar-refractivity contribution < 1.29 is 14.7 Å². The van der Waals surface area contributed by atoms with E-state index in [0.29, 0.717) is 29.8 Å². The van der Waals surface area contributed by atoms with E-state index >= 15 is 0 Å². The van der Waals surface area contributed by atoms with Gasteiger partial charge in [0.1, 0.15) is 0 Å². The molecule has 1 aliphatic heterocycles. The second-order valence-corrected chi connectivity index (χ2v) is 8.41. The Bertz CT molecular complexity index is 1320. The van der Waals surface area contributed by atoms with E-state index < -0.39 is 11.5 Å². The van der Waals surface area contributed by atoms with Crippen LogP contribution in [0.2, 0.25) is 0 Å². The highest BCUT2D eigenvalue weighted by molar-refractivity contribution is 6.10. The zero-order valence-corrected chi connectivity index (χ0v) is 17.8. The first kappa shape index (κ1) is 20.2. The number of fused-ring (bicyclic) bond motifs is 2. The number of aryl methyl sites for hydroxylation is 1. The molecule has 0 spiro atoms. The number of Topliss-reactive ketones (excluding diaryl/α,β-unsaturated/α-hetero) is 1. The zero-order chi connectivity index (χ0) is 22.3. The van der Waals surface area contributed by atoms with Crippen LogP contribution in [-0.4, -0.2) is 28.3 Å². The number of aliphatic hydroxyl groups is 1. The van der Waals surface area contributed by atoms with Crippen molar-refractivity contribution in [1.82, 2.24) is 4.98 Å². The summed E-state index contributed by atoms with van der Waals surface area (Å²) < 4.78 is 0. The highest BCUT2D eigenvalue weighted by Crippen LogP contribution is 2.43. The molecule has 4 aromatic rings. The van der Waals surface area contributed by atoms with E-state index in [1.54, 1.807) is 29.2 Å². The van der Waals surface area contributed by atoms with Gasteiger partial charge in [-0.3, -0.25) is 9.59 Å². The van der Waals surface area contributed by atoms with Crippen LogP contribution in [0.15, 0.2) is 79.0 Å². The van der Waals surface area contributed by atoms with Crippen LogP contribution in [0.5, 0.6) is 0 Å². The Kier molecular flexibility index (Phi) is 4.91. The lowest BCUT2D eigenvalue weighted by atomic mass is 9.88. The van der Waals surface area contributed by atoms with Crippen LogP contribution in [0.3, 0.4) is 0 Å². The van der Waals surface area contributed by atoms with Crippen LogP contribution >= 0.6 is 0 Å². The van der Waals surface area contributed by atoms with E-state index in [9.17, 15) is 14.7 Å². The van der Waals surface area contributed by atoms with Crippen LogP contribution in [-0.2, 0) is 16.8 Å². The minimum Gasteiger partial charge on any atom is -0.375 e.